The minimum atomic E-state index is -4.75. The molecule has 0 aromatic rings. The van der Waals surface area contributed by atoms with Gasteiger partial charge in [0.1, 0.15) is 6.61 Å². The summed E-state index contributed by atoms with van der Waals surface area (Å²) in [4.78, 5) is 43.1. The highest BCUT2D eigenvalue weighted by atomic mass is 31.2. The summed E-state index contributed by atoms with van der Waals surface area (Å²) in [6.07, 6.45) is 52.3. The molecule has 2 N–H and O–H groups in total. The van der Waals surface area contributed by atoms with Gasteiger partial charge in [-0.2, -0.15) is 0 Å². The zero-order chi connectivity index (χ0) is 42.5. The summed E-state index contributed by atoms with van der Waals surface area (Å²) >= 11 is 0. The third kappa shape index (κ3) is 47.5. The van der Waals surface area contributed by atoms with Gasteiger partial charge >= 0.3 is 19.8 Å². The van der Waals surface area contributed by atoms with Crippen molar-refractivity contribution in [3.63, 3.8) is 0 Å². The molecule has 0 fully saturated rings. The predicted octanol–water partition coefficient (Wildman–Crippen LogP) is 15.8. The number of allylic oxidation sites excluding steroid dienone is 2. The lowest BCUT2D eigenvalue weighted by atomic mass is 10.0. The number of unbranched alkanes of at least 4 members (excludes halogenated alkanes) is 35. The second-order valence-corrected chi connectivity index (χ2v) is 18.4. The average molecular weight is 843 g/mol. The molecule has 0 radical (unpaired) electrons. The summed E-state index contributed by atoms with van der Waals surface area (Å²) in [7, 11) is -4.75. The summed E-state index contributed by atoms with van der Waals surface area (Å²) in [5.41, 5.74) is 0. The average Bonchev–Trinajstić information content (AvgIpc) is 3.20. The monoisotopic (exact) mass is 843 g/mol. The Bertz CT molecular complexity index is 951. The Morgan fingerprint density at radius 1 is 0.431 bits per heavy atom. The third-order valence-corrected chi connectivity index (χ3v) is 11.8. The van der Waals surface area contributed by atoms with Gasteiger partial charge in [0.05, 0.1) is 6.61 Å². The fraction of sp³-hybridized carbons (Fsp3) is 0.918. The van der Waals surface area contributed by atoms with Gasteiger partial charge in [-0.1, -0.05) is 231 Å². The molecule has 8 nitrogen and oxygen atoms in total. The molecule has 0 saturated carbocycles. The van der Waals surface area contributed by atoms with E-state index in [9.17, 15) is 14.2 Å². The van der Waals surface area contributed by atoms with Crippen molar-refractivity contribution < 1.29 is 37.9 Å². The first-order valence-corrected chi connectivity index (χ1v) is 26.5. The molecule has 0 bridgehead atoms. The normalized spacial score (nSPS) is 12.4. The van der Waals surface area contributed by atoms with Crippen LogP contribution >= 0.6 is 7.82 Å². The van der Waals surface area contributed by atoms with Crippen molar-refractivity contribution in [2.24, 2.45) is 0 Å². The number of ether oxygens (including phenoxy) is 2. The summed E-state index contributed by atoms with van der Waals surface area (Å²) in [6, 6.07) is 0. The zero-order valence-electron chi connectivity index (χ0n) is 38.2. The number of carbonyl (C=O) groups excluding carboxylic acids is 2. The molecule has 9 heteroatoms. The second-order valence-electron chi connectivity index (χ2n) is 17.2. The number of rotatable bonds is 47. The molecular weight excluding hydrogens is 748 g/mol. The van der Waals surface area contributed by atoms with E-state index in [1.165, 1.54) is 205 Å². The maximum atomic E-state index is 12.5. The predicted molar refractivity (Wildman–Crippen MR) is 244 cm³/mol. The molecule has 0 spiro atoms. The minimum Gasteiger partial charge on any atom is -0.462 e. The smallest absolute Gasteiger partial charge is 0.462 e. The largest absolute Gasteiger partial charge is 0.469 e. The van der Waals surface area contributed by atoms with E-state index < -0.39 is 32.5 Å². The van der Waals surface area contributed by atoms with Crippen LogP contribution in [0.1, 0.15) is 271 Å². The van der Waals surface area contributed by atoms with E-state index in [0.717, 1.165) is 32.1 Å². The fourth-order valence-corrected chi connectivity index (χ4v) is 7.91. The van der Waals surface area contributed by atoms with Gasteiger partial charge in [-0.15, -0.1) is 0 Å². The van der Waals surface area contributed by atoms with E-state index in [2.05, 4.69) is 30.5 Å². The number of phosphoric acid groups is 1. The molecule has 1 atom stereocenters. The van der Waals surface area contributed by atoms with Crippen LogP contribution in [-0.2, 0) is 28.2 Å². The van der Waals surface area contributed by atoms with Crippen LogP contribution < -0.4 is 0 Å². The van der Waals surface area contributed by atoms with Crippen LogP contribution in [0.3, 0.4) is 0 Å². The van der Waals surface area contributed by atoms with Gasteiger partial charge in [0.2, 0.25) is 0 Å². The molecule has 58 heavy (non-hydrogen) atoms. The van der Waals surface area contributed by atoms with Crippen molar-refractivity contribution in [2.75, 3.05) is 13.2 Å². The summed E-state index contributed by atoms with van der Waals surface area (Å²) in [5, 5.41) is 0. The highest BCUT2D eigenvalue weighted by Gasteiger charge is 2.23. The van der Waals surface area contributed by atoms with Crippen molar-refractivity contribution in [2.45, 2.75) is 277 Å². The summed E-state index contributed by atoms with van der Waals surface area (Å²) in [5.74, 6) is -0.869. The molecule has 0 saturated heterocycles. The lowest BCUT2D eigenvalue weighted by Crippen LogP contribution is -2.29. The van der Waals surface area contributed by atoms with Crippen LogP contribution in [0, 0.1) is 0 Å². The van der Waals surface area contributed by atoms with Crippen molar-refractivity contribution >= 4 is 19.8 Å². The Balaban J connectivity index is 3.79. The molecule has 344 valence electrons. The van der Waals surface area contributed by atoms with E-state index in [-0.39, 0.29) is 19.4 Å². The SMILES string of the molecule is CCCCCCCC/C=C/CCCCCCCCCCCC(=O)OC[C@H](COP(=O)(O)O)OC(=O)CCCCCCCCCCCCCCCCCCCCCCC. The highest BCUT2D eigenvalue weighted by Crippen LogP contribution is 2.36. The molecule has 0 aliphatic carbocycles. The fourth-order valence-electron chi connectivity index (χ4n) is 7.55. The lowest BCUT2D eigenvalue weighted by Gasteiger charge is -2.18. The van der Waals surface area contributed by atoms with E-state index in [1.54, 1.807) is 0 Å². The van der Waals surface area contributed by atoms with Gasteiger partial charge in [0, 0.05) is 12.8 Å². The standard InChI is InChI=1S/C49H95O8P/c1-3-5-7-9-11-13-15-17-19-21-23-24-26-28-30-32-34-36-38-40-42-44-49(51)57-47(46-56-58(52,53)54)45-55-48(50)43-41-39-37-35-33-31-29-27-25-22-20-18-16-14-12-10-8-6-4-2/h18,20,47H,3-17,19,21-46H2,1-2H3,(H2,52,53,54)/b20-18+/t47-/m1/s1. The van der Waals surface area contributed by atoms with Gasteiger partial charge in [-0.25, -0.2) is 4.57 Å². The Labute approximate surface area is 358 Å². The zero-order valence-corrected chi connectivity index (χ0v) is 39.1. The number of hydrogen-bond acceptors (Lipinski definition) is 6. The number of hydrogen-bond donors (Lipinski definition) is 2. The van der Waals surface area contributed by atoms with Gasteiger partial charge in [0.15, 0.2) is 6.10 Å². The van der Waals surface area contributed by atoms with Crippen LogP contribution in [0.4, 0.5) is 0 Å². The molecule has 0 aromatic heterocycles. The van der Waals surface area contributed by atoms with E-state index >= 15 is 0 Å². The minimum absolute atomic E-state index is 0.218. The van der Waals surface area contributed by atoms with E-state index in [4.69, 9.17) is 19.3 Å². The number of phosphoric ester groups is 1. The molecule has 0 aromatic carbocycles. The molecule has 0 amide bonds. The van der Waals surface area contributed by atoms with Gasteiger partial charge in [0.25, 0.3) is 0 Å². The maximum absolute atomic E-state index is 12.5. The molecule has 0 aliphatic heterocycles. The quantitative estimate of drug-likeness (QED) is 0.0269. The molecule has 0 unspecified atom stereocenters. The number of esters is 2. The van der Waals surface area contributed by atoms with E-state index in [1.807, 2.05) is 0 Å². The molecule has 0 aliphatic rings. The van der Waals surface area contributed by atoms with Crippen LogP contribution in [0.25, 0.3) is 0 Å². The topological polar surface area (TPSA) is 119 Å². The van der Waals surface area contributed by atoms with Crippen LogP contribution in [-0.4, -0.2) is 41.0 Å². The molecular formula is C49H95O8P. The molecule has 0 heterocycles. The van der Waals surface area contributed by atoms with Gasteiger partial charge < -0.3 is 19.3 Å². The Morgan fingerprint density at radius 3 is 1.05 bits per heavy atom. The maximum Gasteiger partial charge on any atom is 0.469 e. The van der Waals surface area contributed by atoms with Crippen LogP contribution in [0.2, 0.25) is 0 Å². The molecule has 0 rings (SSSR count). The lowest BCUT2D eigenvalue weighted by molar-refractivity contribution is -0.161. The Kier molecular flexibility index (Phi) is 44.4. The van der Waals surface area contributed by atoms with Crippen LogP contribution in [0.15, 0.2) is 12.2 Å². The Morgan fingerprint density at radius 2 is 0.724 bits per heavy atom. The second kappa shape index (κ2) is 45.3. The van der Waals surface area contributed by atoms with Gasteiger partial charge in [-0.05, 0) is 38.5 Å². The van der Waals surface area contributed by atoms with Crippen molar-refractivity contribution in [3.8, 4) is 0 Å². The first-order valence-electron chi connectivity index (χ1n) is 25.0. The summed E-state index contributed by atoms with van der Waals surface area (Å²) in [6.45, 7) is 3.73. The Hall–Kier alpha value is -1.21. The van der Waals surface area contributed by atoms with Gasteiger partial charge in [-0.3, -0.25) is 14.1 Å². The van der Waals surface area contributed by atoms with Crippen LogP contribution in [0.5, 0.6) is 0 Å². The van der Waals surface area contributed by atoms with Crippen molar-refractivity contribution in [1.29, 1.82) is 0 Å². The van der Waals surface area contributed by atoms with E-state index in [0.29, 0.717) is 6.42 Å². The first-order chi connectivity index (χ1) is 28.3. The summed E-state index contributed by atoms with van der Waals surface area (Å²) < 4.78 is 26.5. The third-order valence-electron chi connectivity index (χ3n) is 11.3. The number of carbonyl (C=O) groups is 2. The van der Waals surface area contributed by atoms with Crippen molar-refractivity contribution in [3.05, 3.63) is 12.2 Å². The first kappa shape index (κ1) is 56.8. The highest BCUT2D eigenvalue weighted by molar-refractivity contribution is 7.46. The van der Waals surface area contributed by atoms with Crippen molar-refractivity contribution in [1.82, 2.24) is 0 Å².